The van der Waals surface area contributed by atoms with Crippen molar-refractivity contribution in [3.05, 3.63) is 82.5 Å². The quantitative estimate of drug-likeness (QED) is 0.576. The van der Waals surface area contributed by atoms with Crippen molar-refractivity contribution >= 4 is 34.5 Å². The Morgan fingerprint density at radius 1 is 1.24 bits per heavy atom. The second-order valence-corrected chi connectivity index (χ2v) is 6.19. The van der Waals surface area contributed by atoms with Gasteiger partial charge in [0, 0.05) is 16.3 Å². The maximum atomic E-state index is 13.6. The van der Waals surface area contributed by atoms with Crippen molar-refractivity contribution in [3.63, 3.8) is 0 Å². The summed E-state index contributed by atoms with van der Waals surface area (Å²) in [5, 5.41) is 3.68. The first-order valence-corrected chi connectivity index (χ1v) is 8.34. The third-order valence-corrected chi connectivity index (χ3v) is 4.32. The van der Waals surface area contributed by atoms with Crippen LogP contribution in [0.4, 0.5) is 10.1 Å². The number of para-hydroxylation sites is 1. The normalized spacial score (nSPS) is 10.5. The average Bonchev–Trinajstić information content (AvgIpc) is 3.03. The van der Waals surface area contributed by atoms with Crippen molar-refractivity contribution in [2.75, 3.05) is 5.32 Å². The van der Waals surface area contributed by atoms with Crippen LogP contribution in [-0.4, -0.2) is 4.99 Å². The molecule has 0 spiro atoms. The van der Waals surface area contributed by atoms with E-state index in [0.717, 1.165) is 22.6 Å². The second-order valence-electron chi connectivity index (χ2n) is 5.37. The number of ether oxygens (including phenoxy) is 1. The van der Waals surface area contributed by atoms with Crippen molar-refractivity contribution in [3.8, 4) is 5.75 Å². The van der Waals surface area contributed by atoms with Gasteiger partial charge in [0.05, 0.1) is 11.8 Å². The summed E-state index contributed by atoms with van der Waals surface area (Å²) in [6, 6.07) is 13.4. The lowest BCUT2D eigenvalue weighted by Crippen LogP contribution is -2.11. The summed E-state index contributed by atoms with van der Waals surface area (Å²) < 4.78 is 24.4. The third-order valence-electron chi connectivity index (χ3n) is 3.63. The molecule has 0 bridgehead atoms. The molecule has 2 aromatic carbocycles. The molecule has 0 unspecified atom stereocenters. The maximum absolute atomic E-state index is 13.6. The van der Waals surface area contributed by atoms with Crippen LogP contribution in [0.15, 0.2) is 59.2 Å². The van der Waals surface area contributed by atoms with Crippen LogP contribution in [0.3, 0.4) is 0 Å². The van der Waals surface area contributed by atoms with Gasteiger partial charge in [0.15, 0.2) is 11.6 Å². The van der Waals surface area contributed by atoms with Crippen molar-refractivity contribution in [1.82, 2.24) is 0 Å². The molecule has 0 radical (unpaired) electrons. The van der Waals surface area contributed by atoms with Gasteiger partial charge in [-0.2, -0.15) is 0 Å². The van der Waals surface area contributed by atoms with E-state index in [9.17, 15) is 4.39 Å². The molecule has 3 aromatic rings. The Labute approximate surface area is 155 Å². The number of furan rings is 1. The van der Waals surface area contributed by atoms with Crippen LogP contribution in [0, 0.1) is 12.7 Å². The van der Waals surface area contributed by atoms with Crippen LogP contribution in [0.25, 0.3) is 0 Å². The molecule has 0 aliphatic heterocycles. The summed E-state index contributed by atoms with van der Waals surface area (Å²) >= 11 is 11.6. The number of benzene rings is 2. The number of thiocarbonyl (C=S) groups is 1. The highest BCUT2D eigenvalue weighted by Crippen LogP contribution is 2.24. The predicted molar refractivity (Wildman–Crippen MR) is 101 cm³/mol. The summed E-state index contributed by atoms with van der Waals surface area (Å²) in [6.45, 7) is 1.99. The van der Waals surface area contributed by atoms with Crippen LogP contribution in [-0.2, 0) is 6.61 Å². The summed E-state index contributed by atoms with van der Waals surface area (Å²) in [6.07, 6.45) is 1.59. The fraction of sp³-hybridized carbons (Fsp3) is 0.105. The minimum Gasteiger partial charge on any atom is -0.486 e. The molecule has 1 aromatic heterocycles. The number of anilines is 1. The van der Waals surface area contributed by atoms with E-state index >= 15 is 0 Å². The third kappa shape index (κ3) is 4.18. The monoisotopic (exact) mass is 375 g/mol. The van der Waals surface area contributed by atoms with Crippen molar-refractivity contribution in [2.24, 2.45) is 0 Å². The highest BCUT2D eigenvalue weighted by Gasteiger charge is 2.10. The lowest BCUT2D eigenvalue weighted by Gasteiger charge is -2.12. The Morgan fingerprint density at radius 2 is 2.04 bits per heavy atom. The summed E-state index contributed by atoms with van der Waals surface area (Å²) in [7, 11) is 0. The first kappa shape index (κ1) is 17.5. The molecule has 0 fully saturated rings. The standard InChI is InChI=1S/C19H15ClFNO2S/c1-12-15(8-9-23-12)19(25)22-14-6-7-16(20)13(10-14)11-24-18-5-3-2-4-17(18)21/h2-10H,11H2,1H3,(H,22,25). The van der Waals surface area contributed by atoms with Crippen molar-refractivity contribution in [2.45, 2.75) is 13.5 Å². The zero-order valence-electron chi connectivity index (χ0n) is 13.4. The number of aryl methyl sites for hydroxylation is 1. The van der Waals surface area contributed by atoms with Gasteiger partial charge in [-0.25, -0.2) is 4.39 Å². The van der Waals surface area contributed by atoms with Crippen molar-refractivity contribution < 1.29 is 13.5 Å². The zero-order chi connectivity index (χ0) is 17.8. The molecule has 0 atom stereocenters. The van der Waals surface area contributed by atoms with E-state index in [1.807, 2.05) is 25.1 Å². The SMILES string of the molecule is Cc1occc1C(=S)Nc1ccc(Cl)c(COc2ccccc2F)c1. The maximum Gasteiger partial charge on any atom is 0.165 e. The topological polar surface area (TPSA) is 34.4 Å². The van der Waals surface area contributed by atoms with Crippen LogP contribution in [0.1, 0.15) is 16.9 Å². The molecule has 0 saturated heterocycles. The van der Waals surface area contributed by atoms with E-state index in [4.69, 9.17) is 33.0 Å². The molecule has 1 heterocycles. The molecule has 0 aliphatic carbocycles. The van der Waals surface area contributed by atoms with Gasteiger partial charge in [0.25, 0.3) is 0 Å². The summed E-state index contributed by atoms with van der Waals surface area (Å²) in [5.41, 5.74) is 2.32. The van der Waals surface area contributed by atoms with Gasteiger partial charge >= 0.3 is 0 Å². The van der Waals surface area contributed by atoms with Gasteiger partial charge in [-0.3, -0.25) is 0 Å². The molecule has 0 aliphatic rings. The Balaban J connectivity index is 1.73. The minimum absolute atomic E-state index is 0.146. The summed E-state index contributed by atoms with van der Waals surface area (Å²) in [4.78, 5) is 0.551. The van der Waals surface area contributed by atoms with Crippen LogP contribution in [0.2, 0.25) is 5.02 Å². The number of hydrogen-bond acceptors (Lipinski definition) is 3. The number of nitrogens with one attached hydrogen (secondary N) is 1. The Kier molecular flexibility index (Phi) is 5.36. The van der Waals surface area contributed by atoms with E-state index in [2.05, 4.69) is 5.32 Å². The van der Waals surface area contributed by atoms with Crippen LogP contribution in [0.5, 0.6) is 5.75 Å². The fourth-order valence-corrected chi connectivity index (χ4v) is 2.80. The predicted octanol–water partition coefficient (Wildman–Crippen LogP) is 5.75. The lowest BCUT2D eigenvalue weighted by atomic mass is 10.2. The molecular weight excluding hydrogens is 361 g/mol. The average molecular weight is 376 g/mol. The van der Waals surface area contributed by atoms with Gasteiger partial charge in [-0.1, -0.05) is 36.0 Å². The van der Waals surface area contributed by atoms with Crippen LogP contribution < -0.4 is 10.1 Å². The number of hydrogen-bond donors (Lipinski definition) is 1. The van der Waals surface area contributed by atoms with Gasteiger partial charge in [0.2, 0.25) is 0 Å². The highest BCUT2D eigenvalue weighted by molar-refractivity contribution is 7.81. The number of halogens is 2. The van der Waals surface area contributed by atoms with E-state index in [0.29, 0.717) is 10.0 Å². The van der Waals surface area contributed by atoms with Gasteiger partial charge in [0.1, 0.15) is 17.4 Å². The van der Waals surface area contributed by atoms with E-state index < -0.39 is 5.82 Å². The molecule has 0 saturated carbocycles. The number of rotatable bonds is 5. The van der Waals surface area contributed by atoms with E-state index in [1.165, 1.54) is 6.07 Å². The summed E-state index contributed by atoms with van der Waals surface area (Å²) in [5.74, 6) is 0.514. The molecule has 1 N–H and O–H groups in total. The lowest BCUT2D eigenvalue weighted by molar-refractivity contribution is 0.290. The molecule has 0 amide bonds. The van der Waals surface area contributed by atoms with Gasteiger partial charge in [-0.15, -0.1) is 0 Å². The Hall–Kier alpha value is -2.37. The largest absolute Gasteiger partial charge is 0.486 e. The van der Waals surface area contributed by atoms with Gasteiger partial charge < -0.3 is 14.5 Å². The van der Waals surface area contributed by atoms with E-state index in [-0.39, 0.29) is 12.4 Å². The molecule has 25 heavy (non-hydrogen) atoms. The second kappa shape index (κ2) is 7.68. The molecule has 6 heteroatoms. The Bertz CT molecular complexity index is 910. The molecule has 3 rings (SSSR count). The first-order chi connectivity index (χ1) is 12.0. The molecule has 3 nitrogen and oxygen atoms in total. The smallest absolute Gasteiger partial charge is 0.165 e. The first-order valence-electron chi connectivity index (χ1n) is 7.56. The van der Waals surface area contributed by atoms with Crippen molar-refractivity contribution in [1.29, 1.82) is 0 Å². The van der Waals surface area contributed by atoms with E-state index in [1.54, 1.807) is 30.5 Å². The molecule has 128 valence electrons. The van der Waals surface area contributed by atoms with Crippen LogP contribution >= 0.6 is 23.8 Å². The zero-order valence-corrected chi connectivity index (χ0v) is 15.0. The van der Waals surface area contributed by atoms with Gasteiger partial charge in [-0.05, 0) is 43.3 Å². The highest BCUT2D eigenvalue weighted by atomic mass is 35.5. The fourth-order valence-electron chi connectivity index (χ4n) is 2.30. The molecular formula is C19H15ClFNO2S. The minimum atomic E-state index is -0.412. The Morgan fingerprint density at radius 3 is 2.76 bits per heavy atom.